The second kappa shape index (κ2) is 9.64. The fourth-order valence-corrected chi connectivity index (χ4v) is 4.41. The third-order valence-corrected chi connectivity index (χ3v) is 6.04. The Morgan fingerprint density at radius 3 is 2.48 bits per heavy atom. The Kier molecular flexibility index (Phi) is 7.24. The Hall–Kier alpha value is -1.47. The maximum Gasteiger partial charge on any atom is 0.219 e. The van der Waals surface area contributed by atoms with Crippen molar-refractivity contribution in [2.75, 3.05) is 45.8 Å². The molecule has 1 aromatic heterocycles. The second-order valence-corrected chi connectivity index (χ2v) is 8.40. The van der Waals surface area contributed by atoms with E-state index in [-0.39, 0.29) is 5.91 Å². The molecule has 0 saturated carbocycles. The molecule has 3 heterocycles. The van der Waals surface area contributed by atoms with Gasteiger partial charge in [0.1, 0.15) is 0 Å². The van der Waals surface area contributed by atoms with E-state index in [0.717, 1.165) is 44.3 Å². The molecule has 1 aromatic rings. The normalized spacial score (nSPS) is 21.5. The number of likely N-dealkylation sites (tertiary alicyclic amines) is 1. The fourth-order valence-electron chi connectivity index (χ4n) is 4.41. The second-order valence-electron chi connectivity index (χ2n) is 8.40. The van der Waals surface area contributed by atoms with Crippen LogP contribution in [0.3, 0.4) is 0 Å². The molecule has 0 aromatic carbocycles. The number of hydrogen-bond donors (Lipinski definition) is 0. The lowest BCUT2D eigenvalue weighted by atomic mass is 10.0. The summed E-state index contributed by atoms with van der Waals surface area (Å²) in [4.78, 5) is 18.3. The van der Waals surface area contributed by atoms with Gasteiger partial charge in [-0.1, -0.05) is 25.5 Å². The number of aromatic nitrogens is 3. The van der Waals surface area contributed by atoms with E-state index in [4.69, 9.17) is 0 Å². The van der Waals surface area contributed by atoms with Crippen LogP contribution in [-0.4, -0.2) is 81.4 Å². The van der Waals surface area contributed by atoms with E-state index in [9.17, 15) is 4.79 Å². The van der Waals surface area contributed by atoms with Crippen molar-refractivity contribution in [1.82, 2.24) is 29.7 Å². The molecule has 3 rings (SSSR count). The van der Waals surface area contributed by atoms with E-state index >= 15 is 0 Å². The third kappa shape index (κ3) is 5.75. The lowest BCUT2D eigenvalue weighted by Gasteiger charge is -2.34. The van der Waals surface area contributed by atoms with E-state index in [1.807, 2.05) is 4.90 Å². The molecule has 7 nitrogen and oxygen atoms in total. The van der Waals surface area contributed by atoms with Gasteiger partial charge < -0.3 is 9.80 Å². The summed E-state index contributed by atoms with van der Waals surface area (Å²) in [7, 11) is 0. The van der Waals surface area contributed by atoms with Gasteiger partial charge in [0.2, 0.25) is 5.91 Å². The summed E-state index contributed by atoms with van der Waals surface area (Å²) in [5.41, 5.74) is 1.05. The van der Waals surface area contributed by atoms with Gasteiger partial charge in [0.25, 0.3) is 0 Å². The van der Waals surface area contributed by atoms with Crippen molar-refractivity contribution in [3.05, 3.63) is 11.9 Å². The lowest BCUT2D eigenvalue weighted by Crippen LogP contribution is -2.47. The highest BCUT2D eigenvalue weighted by Gasteiger charge is 2.23. The van der Waals surface area contributed by atoms with Crippen molar-refractivity contribution in [2.24, 2.45) is 5.92 Å². The zero-order valence-corrected chi connectivity index (χ0v) is 17.3. The zero-order chi connectivity index (χ0) is 19.2. The molecular formula is C20H36N6O. The molecule has 2 aliphatic heterocycles. The van der Waals surface area contributed by atoms with Crippen molar-refractivity contribution in [2.45, 2.75) is 59.0 Å². The Bertz CT molecular complexity index is 587. The quantitative estimate of drug-likeness (QED) is 0.729. The molecule has 0 radical (unpaired) electrons. The lowest BCUT2D eigenvalue weighted by molar-refractivity contribution is -0.130. The molecule has 2 fully saturated rings. The van der Waals surface area contributed by atoms with Crippen LogP contribution < -0.4 is 0 Å². The number of amides is 1. The van der Waals surface area contributed by atoms with E-state index in [2.05, 4.69) is 44.8 Å². The van der Waals surface area contributed by atoms with Crippen LogP contribution in [0.25, 0.3) is 0 Å². The minimum absolute atomic E-state index is 0.177. The van der Waals surface area contributed by atoms with E-state index in [1.54, 1.807) is 6.92 Å². The van der Waals surface area contributed by atoms with Crippen molar-refractivity contribution < 1.29 is 4.79 Å². The number of hydrogen-bond acceptors (Lipinski definition) is 5. The van der Waals surface area contributed by atoms with Gasteiger partial charge in [-0.3, -0.25) is 9.69 Å². The zero-order valence-electron chi connectivity index (χ0n) is 17.3. The molecule has 1 atom stereocenters. The topological polar surface area (TPSA) is 57.5 Å². The molecule has 2 aliphatic rings. The SMILES string of the molecule is CCCC(C)CN1CCC(n2cc(CN3CCN(C(C)=O)CC3)nn2)CC1. The maximum absolute atomic E-state index is 11.4. The highest BCUT2D eigenvalue weighted by molar-refractivity contribution is 5.73. The summed E-state index contributed by atoms with van der Waals surface area (Å²) < 4.78 is 2.09. The van der Waals surface area contributed by atoms with E-state index in [1.165, 1.54) is 45.3 Å². The molecule has 0 spiro atoms. The van der Waals surface area contributed by atoms with Crippen LogP contribution in [0, 0.1) is 5.92 Å². The average Bonchev–Trinajstić information content (AvgIpc) is 3.11. The summed E-state index contributed by atoms with van der Waals surface area (Å²) in [5.74, 6) is 0.976. The van der Waals surface area contributed by atoms with Crippen LogP contribution in [-0.2, 0) is 11.3 Å². The Morgan fingerprint density at radius 1 is 1.15 bits per heavy atom. The van der Waals surface area contributed by atoms with Gasteiger partial charge in [-0.05, 0) is 25.2 Å². The molecule has 0 N–H and O–H groups in total. The third-order valence-electron chi connectivity index (χ3n) is 6.04. The first kappa shape index (κ1) is 20.3. The maximum atomic E-state index is 11.4. The number of nitrogens with zero attached hydrogens (tertiary/aromatic N) is 6. The van der Waals surface area contributed by atoms with E-state index in [0.29, 0.717) is 6.04 Å². The van der Waals surface area contributed by atoms with Crippen molar-refractivity contribution >= 4 is 5.91 Å². The van der Waals surface area contributed by atoms with E-state index < -0.39 is 0 Å². The predicted octanol–water partition coefficient (Wildman–Crippen LogP) is 2.02. The fraction of sp³-hybridized carbons (Fsp3) is 0.850. The number of carbonyl (C=O) groups is 1. The van der Waals surface area contributed by atoms with Crippen LogP contribution in [0.15, 0.2) is 6.20 Å². The number of piperidine rings is 1. The molecule has 0 aliphatic carbocycles. The smallest absolute Gasteiger partial charge is 0.219 e. The number of piperazine rings is 1. The van der Waals surface area contributed by atoms with Crippen molar-refractivity contribution in [3.63, 3.8) is 0 Å². The summed E-state index contributed by atoms with van der Waals surface area (Å²) >= 11 is 0. The largest absolute Gasteiger partial charge is 0.340 e. The van der Waals surface area contributed by atoms with Gasteiger partial charge in [-0.25, -0.2) is 4.68 Å². The predicted molar refractivity (Wildman–Crippen MR) is 106 cm³/mol. The van der Waals surface area contributed by atoms with Crippen LogP contribution in [0.2, 0.25) is 0 Å². The monoisotopic (exact) mass is 376 g/mol. The molecule has 152 valence electrons. The molecule has 7 heteroatoms. The van der Waals surface area contributed by atoms with Crippen molar-refractivity contribution in [3.8, 4) is 0 Å². The minimum atomic E-state index is 0.177. The first-order valence-electron chi connectivity index (χ1n) is 10.7. The minimum Gasteiger partial charge on any atom is -0.340 e. The van der Waals surface area contributed by atoms with Crippen LogP contribution in [0.1, 0.15) is 58.2 Å². The van der Waals surface area contributed by atoms with Gasteiger partial charge in [0.15, 0.2) is 0 Å². The number of rotatable bonds is 7. The molecule has 0 bridgehead atoms. The van der Waals surface area contributed by atoms with Gasteiger partial charge >= 0.3 is 0 Å². The Balaban J connectivity index is 1.43. The Labute approximate surface area is 163 Å². The van der Waals surface area contributed by atoms with Gasteiger partial charge in [0, 0.05) is 59.3 Å². The molecule has 1 amide bonds. The summed E-state index contributed by atoms with van der Waals surface area (Å²) in [5, 5.41) is 8.83. The summed E-state index contributed by atoms with van der Waals surface area (Å²) in [6.45, 7) is 14.2. The highest BCUT2D eigenvalue weighted by Crippen LogP contribution is 2.23. The van der Waals surface area contributed by atoms with Gasteiger partial charge in [-0.2, -0.15) is 0 Å². The first-order valence-corrected chi connectivity index (χ1v) is 10.7. The summed E-state index contributed by atoms with van der Waals surface area (Å²) in [6, 6.07) is 0.485. The highest BCUT2D eigenvalue weighted by atomic mass is 16.2. The van der Waals surface area contributed by atoms with Crippen LogP contribution in [0.5, 0.6) is 0 Å². The molecule has 1 unspecified atom stereocenters. The van der Waals surface area contributed by atoms with Crippen molar-refractivity contribution in [1.29, 1.82) is 0 Å². The van der Waals surface area contributed by atoms with Crippen LogP contribution in [0.4, 0.5) is 0 Å². The first-order chi connectivity index (χ1) is 13.0. The Morgan fingerprint density at radius 2 is 1.85 bits per heavy atom. The van der Waals surface area contributed by atoms with Gasteiger partial charge in [-0.15, -0.1) is 5.10 Å². The molecular weight excluding hydrogens is 340 g/mol. The average molecular weight is 377 g/mol. The number of carbonyl (C=O) groups excluding carboxylic acids is 1. The van der Waals surface area contributed by atoms with Gasteiger partial charge in [0.05, 0.1) is 17.9 Å². The molecule has 2 saturated heterocycles. The molecule has 27 heavy (non-hydrogen) atoms. The standard InChI is InChI=1S/C20H36N6O/c1-4-5-17(2)14-23-8-6-20(7-9-23)26-16-19(21-22-26)15-24-10-12-25(13-11-24)18(3)27/h16-17,20H,4-15H2,1-3H3. The van der Waals surface area contributed by atoms with Crippen LogP contribution >= 0.6 is 0 Å². The summed E-state index contributed by atoms with van der Waals surface area (Å²) in [6.07, 6.45) is 7.07.